The van der Waals surface area contributed by atoms with Crippen molar-refractivity contribution in [2.24, 2.45) is 0 Å². The first kappa shape index (κ1) is 13.1. The number of hydrogen-bond donors (Lipinski definition) is 0. The predicted octanol–water partition coefficient (Wildman–Crippen LogP) is 5.78. The smallest absolute Gasteiger partial charge is 0.0139 e. The van der Waals surface area contributed by atoms with Gasteiger partial charge in [-0.3, -0.25) is 0 Å². The Hall–Kier alpha value is -2.60. The number of allylic oxidation sites excluding steroid dienone is 2. The van der Waals surface area contributed by atoms with Crippen LogP contribution >= 0.6 is 0 Å². The highest BCUT2D eigenvalue weighted by Crippen LogP contribution is 2.52. The van der Waals surface area contributed by atoms with Gasteiger partial charge < -0.3 is 0 Å². The molecule has 0 nitrogen and oxygen atoms in total. The van der Waals surface area contributed by atoms with E-state index in [4.69, 9.17) is 0 Å². The van der Waals surface area contributed by atoms with Gasteiger partial charge >= 0.3 is 0 Å². The lowest BCUT2D eigenvalue weighted by atomic mass is 9.68. The van der Waals surface area contributed by atoms with Crippen molar-refractivity contribution in [3.8, 4) is 0 Å². The van der Waals surface area contributed by atoms with E-state index in [0.717, 1.165) is 6.42 Å². The van der Waals surface area contributed by atoms with Crippen LogP contribution in [0.3, 0.4) is 0 Å². The minimum Gasteiger partial charge on any atom is -0.0622 e. The number of benzene rings is 3. The fourth-order valence-corrected chi connectivity index (χ4v) is 3.37. The molecule has 0 fully saturated rings. The first-order valence-corrected chi connectivity index (χ1v) is 7.82. The normalized spacial score (nSPS) is 17.2. The van der Waals surface area contributed by atoms with E-state index in [1.807, 2.05) is 0 Å². The van der Waals surface area contributed by atoms with Crippen LogP contribution in [0.1, 0.15) is 29.0 Å². The Bertz CT molecular complexity index is 783. The van der Waals surface area contributed by atoms with Gasteiger partial charge in [-0.25, -0.2) is 0 Å². The molecule has 0 amide bonds. The molecule has 4 rings (SSSR count). The summed E-state index contributed by atoms with van der Waals surface area (Å²) in [5.41, 5.74) is 7.09. The standard InChI is InChI=1S/C22H18/c1-4-10-17(11-5-1)20-16-21(18-12-6-2-7-13-18)22(20)19-14-8-3-9-15-19/h1-15,20H,16H2. The summed E-state index contributed by atoms with van der Waals surface area (Å²) in [7, 11) is 0. The highest BCUT2D eigenvalue weighted by Gasteiger charge is 2.32. The van der Waals surface area contributed by atoms with E-state index in [1.165, 1.54) is 27.8 Å². The molecular weight excluding hydrogens is 264 g/mol. The second-order valence-corrected chi connectivity index (χ2v) is 5.79. The second kappa shape index (κ2) is 5.65. The maximum atomic E-state index is 2.25. The van der Waals surface area contributed by atoms with E-state index in [2.05, 4.69) is 91.0 Å². The van der Waals surface area contributed by atoms with Crippen molar-refractivity contribution in [2.75, 3.05) is 0 Å². The minimum absolute atomic E-state index is 0.513. The van der Waals surface area contributed by atoms with Gasteiger partial charge in [0.2, 0.25) is 0 Å². The van der Waals surface area contributed by atoms with Crippen LogP contribution in [0.15, 0.2) is 91.0 Å². The lowest BCUT2D eigenvalue weighted by molar-refractivity contribution is 0.841. The van der Waals surface area contributed by atoms with E-state index in [-0.39, 0.29) is 0 Å². The van der Waals surface area contributed by atoms with E-state index < -0.39 is 0 Å². The largest absolute Gasteiger partial charge is 0.0622 e. The van der Waals surface area contributed by atoms with Gasteiger partial charge in [0.05, 0.1) is 0 Å². The van der Waals surface area contributed by atoms with Gasteiger partial charge in [0.1, 0.15) is 0 Å². The summed E-state index contributed by atoms with van der Waals surface area (Å²) in [6, 6.07) is 32.4. The lowest BCUT2D eigenvalue weighted by Gasteiger charge is -2.35. The van der Waals surface area contributed by atoms with Gasteiger partial charge in [0, 0.05) is 5.92 Å². The quantitative estimate of drug-likeness (QED) is 0.571. The Kier molecular flexibility index (Phi) is 3.36. The molecule has 0 heterocycles. The van der Waals surface area contributed by atoms with Crippen LogP contribution in [-0.2, 0) is 0 Å². The van der Waals surface area contributed by atoms with Crippen LogP contribution in [0, 0.1) is 0 Å². The van der Waals surface area contributed by atoms with E-state index >= 15 is 0 Å². The number of rotatable bonds is 3. The molecule has 3 aromatic rings. The topological polar surface area (TPSA) is 0 Å². The van der Waals surface area contributed by atoms with Crippen molar-refractivity contribution < 1.29 is 0 Å². The summed E-state index contributed by atoms with van der Waals surface area (Å²) in [5.74, 6) is 0.513. The Labute approximate surface area is 131 Å². The van der Waals surface area contributed by atoms with Crippen LogP contribution in [0.5, 0.6) is 0 Å². The minimum atomic E-state index is 0.513. The van der Waals surface area contributed by atoms with Gasteiger partial charge in [-0.15, -0.1) is 0 Å². The highest BCUT2D eigenvalue weighted by atomic mass is 14.3. The van der Waals surface area contributed by atoms with Gasteiger partial charge in [0.25, 0.3) is 0 Å². The van der Waals surface area contributed by atoms with Crippen molar-refractivity contribution in [1.29, 1.82) is 0 Å². The summed E-state index contributed by atoms with van der Waals surface area (Å²) in [6.07, 6.45) is 1.12. The molecule has 1 unspecified atom stereocenters. The molecule has 0 aromatic heterocycles. The van der Waals surface area contributed by atoms with Gasteiger partial charge in [-0.2, -0.15) is 0 Å². The maximum absolute atomic E-state index is 2.25. The predicted molar refractivity (Wildman–Crippen MR) is 93.5 cm³/mol. The molecule has 0 N–H and O–H groups in total. The summed E-state index contributed by atoms with van der Waals surface area (Å²) >= 11 is 0. The van der Waals surface area contributed by atoms with Crippen molar-refractivity contribution in [3.05, 3.63) is 108 Å². The van der Waals surface area contributed by atoms with Crippen molar-refractivity contribution in [3.63, 3.8) is 0 Å². The summed E-state index contributed by atoms with van der Waals surface area (Å²) in [4.78, 5) is 0. The highest BCUT2D eigenvalue weighted by molar-refractivity contribution is 6.00. The average Bonchev–Trinajstić information content (AvgIpc) is 2.57. The third kappa shape index (κ3) is 2.27. The van der Waals surface area contributed by atoms with E-state index in [9.17, 15) is 0 Å². The molecule has 1 aliphatic rings. The molecule has 0 spiro atoms. The van der Waals surface area contributed by atoms with Crippen molar-refractivity contribution in [2.45, 2.75) is 12.3 Å². The molecule has 22 heavy (non-hydrogen) atoms. The zero-order valence-electron chi connectivity index (χ0n) is 12.4. The van der Waals surface area contributed by atoms with Crippen LogP contribution in [0.4, 0.5) is 0 Å². The molecule has 0 saturated carbocycles. The lowest BCUT2D eigenvalue weighted by Crippen LogP contribution is -2.15. The molecule has 0 saturated heterocycles. The van der Waals surface area contributed by atoms with Gasteiger partial charge in [0.15, 0.2) is 0 Å². The zero-order valence-corrected chi connectivity index (χ0v) is 12.4. The molecule has 0 heteroatoms. The molecule has 0 bridgehead atoms. The monoisotopic (exact) mass is 282 g/mol. The van der Waals surface area contributed by atoms with Crippen LogP contribution in [0.25, 0.3) is 11.1 Å². The van der Waals surface area contributed by atoms with Gasteiger partial charge in [-0.1, -0.05) is 91.0 Å². The van der Waals surface area contributed by atoms with Crippen LogP contribution in [0.2, 0.25) is 0 Å². The Morgan fingerprint density at radius 3 is 1.64 bits per heavy atom. The number of hydrogen-bond acceptors (Lipinski definition) is 0. The second-order valence-electron chi connectivity index (χ2n) is 5.79. The molecular formula is C22H18. The Balaban J connectivity index is 1.83. The maximum Gasteiger partial charge on any atom is 0.0139 e. The molecule has 0 radical (unpaired) electrons. The van der Waals surface area contributed by atoms with Gasteiger partial charge in [-0.05, 0) is 34.3 Å². The Morgan fingerprint density at radius 2 is 1.05 bits per heavy atom. The third-order valence-electron chi connectivity index (χ3n) is 4.49. The molecule has 1 aliphatic carbocycles. The van der Waals surface area contributed by atoms with Crippen molar-refractivity contribution in [1.82, 2.24) is 0 Å². The fraction of sp³-hybridized carbons (Fsp3) is 0.0909. The van der Waals surface area contributed by atoms with E-state index in [0.29, 0.717) is 5.92 Å². The molecule has 106 valence electrons. The summed E-state index contributed by atoms with van der Waals surface area (Å²) < 4.78 is 0. The molecule has 1 atom stereocenters. The van der Waals surface area contributed by atoms with Crippen LogP contribution < -0.4 is 0 Å². The first-order valence-electron chi connectivity index (χ1n) is 7.82. The summed E-state index contributed by atoms with van der Waals surface area (Å²) in [5, 5.41) is 0. The Morgan fingerprint density at radius 1 is 0.545 bits per heavy atom. The first-order chi connectivity index (χ1) is 10.9. The molecule has 3 aromatic carbocycles. The third-order valence-corrected chi connectivity index (χ3v) is 4.49. The molecule has 0 aliphatic heterocycles. The average molecular weight is 282 g/mol. The van der Waals surface area contributed by atoms with Crippen molar-refractivity contribution >= 4 is 11.1 Å². The SMILES string of the molecule is c1ccc(C2=C(c3ccccc3)C(c3ccccc3)C2)cc1. The zero-order chi connectivity index (χ0) is 14.8. The van der Waals surface area contributed by atoms with Crippen LogP contribution in [-0.4, -0.2) is 0 Å². The summed E-state index contributed by atoms with van der Waals surface area (Å²) in [6.45, 7) is 0. The van der Waals surface area contributed by atoms with E-state index in [1.54, 1.807) is 0 Å². The fourth-order valence-electron chi connectivity index (χ4n) is 3.37.